The molecular formula is C3H13N3O4S2. The largest absolute Gasteiger partial charge is 0.397 e. The second kappa shape index (κ2) is 10.5. The van der Waals surface area contributed by atoms with Gasteiger partial charge in [-0.15, -0.1) is 0 Å². The van der Waals surface area contributed by atoms with E-state index in [0.717, 1.165) is 0 Å². The smallest absolute Gasteiger partial charge is 0.263 e. The molecule has 0 spiro atoms. The van der Waals surface area contributed by atoms with Gasteiger partial charge in [-0.2, -0.15) is 4.21 Å². The summed E-state index contributed by atoms with van der Waals surface area (Å²) in [5.41, 5.74) is 8.94. The van der Waals surface area contributed by atoms with Crippen molar-refractivity contribution in [2.45, 2.75) is 6.92 Å². The third-order valence-corrected chi connectivity index (χ3v) is 0. The standard InChI is InChI=1S/C2H6O.CH5N3.H2O3S2/c1-2-3;2-1(3)4;1-5(2,3)4/h3H,2H2,1H3;(H5,2,3,4);(H2,1,2,3,4). The summed E-state index contributed by atoms with van der Waals surface area (Å²) >= 11 is 3.47. The molecule has 8 N–H and O–H groups in total. The fraction of sp³-hybridized carbons (Fsp3) is 0.667. The Labute approximate surface area is 75.6 Å². The summed E-state index contributed by atoms with van der Waals surface area (Å²) in [4.78, 5) is 0. The van der Waals surface area contributed by atoms with Crippen LogP contribution in [0.3, 0.4) is 0 Å². The molecule has 0 aromatic heterocycles. The topological polar surface area (TPSA) is 154 Å². The highest BCUT2D eigenvalue weighted by molar-refractivity contribution is 8.26. The highest BCUT2D eigenvalue weighted by atomic mass is 32.9. The first kappa shape index (κ1) is 17.6. The number of hydrogen-bond donors (Lipinski definition) is 6. The van der Waals surface area contributed by atoms with E-state index in [9.17, 15) is 0 Å². The lowest BCUT2D eigenvalue weighted by atomic mass is 10.9. The Morgan fingerprint density at radius 3 is 1.58 bits per heavy atom. The molecule has 0 aromatic carbocycles. The summed E-state index contributed by atoms with van der Waals surface area (Å²) in [6.07, 6.45) is 0. The molecule has 0 atom stereocenters. The van der Waals surface area contributed by atoms with Gasteiger partial charge in [-0.1, -0.05) is 0 Å². The van der Waals surface area contributed by atoms with E-state index in [4.69, 9.17) is 23.8 Å². The summed E-state index contributed by atoms with van der Waals surface area (Å²) in [5, 5.41) is 13.6. The van der Waals surface area contributed by atoms with Crippen molar-refractivity contribution in [1.82, 2.24) is 0 Å². The van der Waals surface area contributed by atoms with Crippen LogP contribution in [0, 0.1) is 5.41 Å². The monoisotopic (exact) mass is 219 g/mol. The molecule has 0 amide bonds. The fourth-order valence-corrected chi connectivity index (χ4v) is 0. The summed E-state index contributed by atoms with van der Waals surface area (Å²) in [7, 11) is -3.83. The number of rotatable bonds is 0. The quantitative estimate of drug-likeness (QED) is 0.214. The van der Waals surface area contributed by atoms with E-state index in [-0.39, 0.29) is 12.6 Å². The molecule has 0 bridgehead atoms. The van der Waals surface area contributed by atoms with Crippen LogP contribution in [-0.4, -0.2) is 31.0 Å². The van der Waals surface area contributed by atoms with Crippen LogP contribution in [0.15, 0.2) is 0 Å². The maximum atomic E-state index is 9.11. The molecule has 9 heteroatoms. The van der Waals surface area contributed by atoms with E-state index >= 15 is 0 Å². The van der Waals surface area contributed by atoms with Crippen LogP contribution in [0.2, 0.25) is 0 Å². The molecular weight excluding hydrogens is 206 g/mol. The van der Waals surface area contributed by atoms with Crippen LogP contribution in [0.5, 0.6) is 0 Å². The predicted octanol–water partition coefficient (Wildman–Crippen LogP) is -1.48. The number of nitrogens with one attached hydrogen (secondary N) is 1. The number of aliphatic hydroxyl groups is 1. The van der Waals surface area contributed by atoms with Crippen LogP contribution >= 0.6 is 0 Å². The van der Waals surface area contributed by atoms with Crippen molar-refractivity contribution in [2.24, 2.45) is 11.5 Å². The Bertz CT molecular complexity index is 178. The van der Waals surface area contributed by atoms with Crippen molar-refractivity contribution in [3.8, 4) is 0 Å². The molecule has 0 aromatic rings. The van der Waals surface area contributed by atoms with Gasteiger partial charge in [0, 0.05) is 17.8 Å². The van der Waals surface area contributed by atoms with Crippen LogP contribution in [0.25, 0.3) is 0 Å². The molecule has 0 heterocycles. The second-order valence-corrected chi connectivity index (χ2v) is 3.42. The summed E-state index contributed by atoms with van der Waals surface area (Å²) in [6, 6.07) is 0. The molecule has 0 fully saturated rings. The first-order valence-corrected chi connectivity index (χ1v) is 4.95. The minimum Gasteiger partial charge on any atom is -0.397 e. The van der Waals surface area contributed by atoms with Crippen molar-refractivity contribution < 1.29 is 18.4 Å². The summed E-state index contributed by atoms with van der Waals surface area (Å²) < 4.78 is 24.0. The summed E-state index contributed by atoms with van der Waals surface area (Å²) in [5.74, 6) is -0.333. The Morgan fingerprint density at radius 2 is 1.58 bits per heavy atom. The van der Waals surface area contributed by atoms with Crippen LogP contribution in [-0.2, 0) is 20.2 Å². The van der Waals surface area contributed by atoms with E-state index in [0.29, 0.717) is 0 Å². The van der Waals surface area contributed by atoms with E-state index in [1.807, 2.05) is 0 Å². The Hall–Kier alpha value is -0.480. The second-order valence-electron chi connectivity index (χ2n) is 1.22. The zero-order valence-electron chi connectivity index (χ0n) is 6.43. The van der Waals surface area contributed by atoms with Crippen LogP contribution in [0.4, 0.5) is 0 Å². The molecule has 0 saturated carbocycles. The van der Waals surface area contributed by atoms with Gasteiger partial charge in [-0.25, -0.2) is 0 Å². The van der Waals surface area contributed by atoms with Crippen molar-refractivity contribution in [2.75, 3.05) is 6.61 Å². The molecule has 7 nitrogen and oxygen atoms in total. The van der Waals surface area contributed by atoms with Crippen LogP contribution in [0.1, 0.15) is 6.92 Å². The first-order chi connectivity index (χ1) is 5.15. The molecule has 0 rings (SSSR count). The third kappa shape index (κ3) is 3000. The van der Waals surface area contributed by atoms with E-state index in [1.54, 1.807) is 6.92 Å². The van der Waals surface area contributed by atoms with Gasteiger partial charge in [0.1, 0.15) is 0 Å². The average molecular weight is 219 g/mol. The van der Waals surface area contributed by atoms with Gasteiger partial charge in [-0.3, -0.25) is 14.5 Å². The fourth-order valence-electron chi connectivity index (χ4n) is 0. The molecule has 0 saturated heterocycles. The zero-order valence-corrected chi connectivity index (χ0v) is 8.06. The number of aliphatic hydroxyl groups excluding tert-OH is 1. The molecule has 0 aliphatic carbocycles. The maximum Gasteiger partial charge on any atom is 0.263 e. The lowest BCUT2D eigenvalue weighted by Crippen LogP contribution is -2.20. The van der Waals surface area contributed by atoms with Gasteiger partial charge in [0.15, 0.2) is 5.96 Å². The molecule has 0 aliphatic heterocycles. The normalized spacial score (nSPS) is 8.33. The molecule has 0 radical (unpaired) electrons. The highest BCUT2D eigenvalue weighted by Crippen LogP contribution is 1.62. The molecule has 12 heavy (non-hydrogen) atoms. The Kier molecular flexibility index (Phi) is 15.4. The van der Waals surface area contributed by atoms with E-state index in [1.165, 1.54) is 0 Å². The molecule has 0 aliphatic rings. The minimum atomic E-state index is -3.83. The minimum absolute atomic E-state index is 0.250. The third-order valence-electron chi connectivity index (χ3n) is 0. The van der Waals surface area contributed by atoms with Crippen molar-refractivity contribution in [3.05, 3.63) is 0 Å². The van der Waals surface area contributed by atoms with Gasteiger partial charge in [0.05, 0.1) is 0 Å². The van der Waals surface area contributed by atoms with E-state index < -0.39 is 9.05 Å². The van der Waals surface area contributed by atoms with Crippen molar-refractivity contribution in [3.63, 3.8) is 0 Å². The van der Waals surface area contributed by atoms with Crippen molar-refractivity contribution in [1.29, 1.82) is 5.41 Å². The summed E-state index contributed by atoms with van der Waals surface area (Å²) in [6.45, 7) is 1.93. The van der Waals surface area contributed by atoms with Gasteiger partial charge >= 0.3 is 0 Å². The lowest BCUT2D eigenvalue weighted by Gasteiger charge is -1.73. The number of nitrogens with two attached hydrogens (primary N) is 2. The van der Waals surface area contributed by atoms with Gasteiger partial charge in [0.2, 0.25) is 0 Å². The zero-order chi connectivity index (χ0) is 10.8. The van der Waals surface area contributed by atoms with Gasteiger partial charge < -0.3 is 16.6 Å². The average Bonchev–Trinajstić information content (AvgIpc) is 1.56. The highest BCUT2D eigenvalue weighted by Gasteiger charge is 1.78. The van der Waals surface area contributed by atoms with Gasteiger partial charge in [0.25, 0.3) is 9.05 Å². The van der Waals surface area contributed by atoms with Crippen molar-refractivity contribution >= 4 is 26.2 Å². The molecule has 0 unspecified atom stereocenters. The first-order valence-electron chi connectivity index (χ1n) is 2.55. The van der Waals surface area contributed by atoms with Crippen LogP contribution < -0.4 is 11.5 Å². The van der Waals surface area contributed by atoms with Gasteiger partial charge in [-0.05, 0) is 6.92 Å². The Morgan fingerprint density at radius 1 is 1.58 bits per heavy atom. The number of hydrogen-bond acceptors (Lipinski definition) is 4. The predicted molar refractivity (Wildman–Crippen MR) is 49.6 cm³/mol. The number of guanidine groups is 1. The molecule has 76 valence electrons. The Balaban J connectivity index is -0.000000105. The van der Waals surface area contributed by atoms with E-state index in [2.05, 4.69) is 22.7 Å². The maximum absolute atomic E-state index is 9.11. The SMILES string of the molecule is CCO.N=C(N)N.O=S(O)(O)=S. The lowest BCUT2D eigenvalue weighted by molar-refractivity contribution is 0.318.